The van der Waals surface area contributed by atoms with Gasteiger partial charge in [-0.15, -0.1) is 11.3 Å². The summed E-state index contributed by atoms with van der Waals surface area (Å²) >= 11 is 1.83. The Morgan fingerprint density at radius 1 is 1.27 bits per heavy atom. The second kappa shape index (κ2) is 7.48. The molecule has 138 valence electrons. The van der Waals surface area contributed by atoms with Crippen LogP contribution in [0.4, 0.5) is 0 Å². The second-order valence-electron chi connectivity index (χ2n) is 7.38. The van der Waals surface area contributed by atoms with E-state index in [4.69, 9.17) is 0 Å². The van der Waals surface area contributed by atoms with E-state index in [-0.39, 0.29) is 0 Å². The molecule has 0 amide bonds. The SMILES string of the molecule is CN(C)C[C@H](O)c1cc2n(n1)CCCN(Cc1csc3ccccc13)C2. The Morgan fingerprint density at radius 2 is 2.12 bits per heavy atom. The molecule has 0 saturated heterocycles. The molecule has 1 aromatic carbocycles. The van der Waals surface area contributed by atoms with E-state index in [1.165, 1.54) is 21.3 Å². The van der Waals surface area contributed by atoms with Crippen LogP contribution in [-0.2, 0) is 19.6 Å². The number of hydrogen-bond acceptors (Lipinski definition) is 5. The van der Waals surface area contributed by atoms with Gasteiger partial charge >= 0.3 is 0 Å². The van der Waals surface area contributed by atoms with E-state index in [0.717, 1.165) is 38.3 Å². The molecular weight excluding hydrogens is 344 g/mol. The molecule has 1 N–H and O–H groups in total. The maximum absolute atomic E-state index is 10.4. The number of aliphatic hydroxyl groups is 1. The molecule has 0 fully saturated rings. The number of hydrogen-bond donors (Lipinski definition) is 1. The zero-order chi connectivity index (χ0) is 18.1. The maximum Gasteiger partial charge on any atom is 0.110 e. The minimum absolute atomic E-state index is 0.529. The van der Waals surface area contributed by atoms with Gasteiger partial charge in [-0.05, 0) is 49.0 Å². The predicted molar refractivity (Wildman–Crippen MR) is 106 cm³/mol. The molecule has 0 bridgehead atoms. The van der Waals surface area contributed by atoms with Crippen LogP contribution in [0.15, 0.2) is 35.7 Å². The van der Waals surface area contributed by atoms with Crippen molar-refractivity contribution in [1.82, 2.24) is 19.6 Å². The third-order valence-electron chi connectivity index (χ3n) is 4.95. The molecule has 0 radical (unpaired) electrons. The van der Waals surface area contributed by atoms with Crippen molar-refractivity contribution in [2.75, 3.05) is 27.2 Å². The van der Waals surface area contributed by atoms with Crippen molar-refractivity contribution < 1.29 is 5.11 Å². The summed E-state index contributed by atoms with van der Waals surface area (Å²) in [4.78, 5) is 4.49. The summed E-state index contributed by atoms with van der Waals surface area (Å²) in [5.74, 6) is 0. The second-order valence-corrected chi connectivity index (χ2v) is 8.29. The fraction of sp³-hybridized carbons (Fsp3) is 0.450. The third kappa shape index (κ3) is 3.69. The number of fused-ring (bicyclic) bond motifs is 2. The Balaban J connectivity index is 1.51. The van der Waals surface area contributed by atoms with Gasteiger partial charge in [0.1, 0.15) is 6.10 Å². The van der Waals surface area contributed by atoms with Crippen LogP contribution in [0.25, 0.3) is 10.1 Å². The molecule has 1 aliphatic heterocycles. The molecule has 1 atom stereocenters. The monoisotopic (exact) mass is 370 g/mol. The van der Waals surface area contributed by atoms with E-state index < -0.39 is 6.10 Å². The van der Waals surface area contributed by atoms with Crippen molar-refractivity contribution in [2.24, 2.45) is 0 Å². The van der Waals surface area contributed by atoms with Gasteiger partial charge < -0.3 is 10.0 Å². The van der Waals surface area contributed by atoms with Crippen molar-refractivity contribution >= 4 is 21.4 Å². The lowest BCUT2D eigenvalue weighted by atomic mass is 10.1. The van der Waals surface area contributed by atoms with E-state index in [9.17, 15) is 5.11 Å². The molecule has 5 nitrogen and oxygen atoms in total. The first-order chi connectivity index (χ1) is 12.6. The zero-order valence-electron chi connectivity index (χ0n) is 15.4. The number of aromatic nitrogens is 2. The summed E-state index contributed by atoms with van der Waals surface area (Å²) in [7, 11) is 3.94. The number of thiophene rings is 1. The summed E-state index contributed by atoms with van der Waals surface area (Å²) in [6, 6.07) is 10.7. The van der Waals surface area contributed by atoms with Crippen LogP contribution in [0.1, 0.15) is 29.5 Å². The first kappa shape index (κ1) is 17.7. The lowest BCUT2D eigenvalue weighted by molar-refractivity contribution is 0.133. The van der Waals surface area contributed by atoms with Gasteiger partial charge in [-0.1, -0.05) is 18.2 Å². The van der Waals surface area contributed by atoms with Crippen LogP contribution in [-0.4, -0.2) is 51.9 Å². The van der Waals surface area contributed by atoms with Gasteiger partial charge in [0.25, 0.3) is 0 Å². The number of rotatable bonds is 5. The van der Waals surface area contributed by atoms with Gasteiger partial charge in [0.2, 0.25) is 0 Å². The Bertz CT molecular complexity index is 885. The van der Waals surface area contributed by atoms with E-state index in [2.05, 4.69) is 50.4 Å². The molecule has 0 unspecified atom stereocenters. The smallest absolute Gasteiger partial charge is 0.110 e. The summed E-state index contributed by atoms with van der Waals surface area (Å²) in [6.45, 7) is 4.44. The number of aliphatic hydroxyl groups excluding tert-OH is 1. The minimum Gasteiger partial charge on any atom is -0.385 e. The van der Waals surface area contributed by atoms with Crippen LogP contribution in [0.2, 0.25) is 0 Å². The van der Waals surface area contributed by atoms with Gasteiger partial charge in [0.05, 0.1) is 11.4 Å². The molecular formula is C20H26N4OS. The lowest BCUT2D eigenvalue weighted by Crippen LogP contribution is -2.22. The van der Waals surface area contributed by atoms with Crippen LogP contribution >= 0.6 is 11.3 Å². The summed E-state index contributed by atoms with van der Waals surface area (Å²) in [6.07, 6.45) is 0.554. The Kier molecular flexibility index (Phi) is 5.09. The first-order valence-corrected chi connectivity index (χ1v) is 10.0. The normalized spacial score (nSPS) is 16.8. The van der Waals surface area contributed by atoms with Gasteiger partial charge in [0, 0.05) is 37.4 Å². The van der Waals surface area contributed by atoms with Gasteiger partial charge in [-0.3, -0.25) is 9.58 Å². The average Bonchev–Trinajstić information content (AvgIpc) is 3.14. The highest BCUT2D eigenvalue weighted by molar-refractivity contribution is 7.17. The molecule has 2 aromatic heterocycles. The molecule has 0 aliphatic carbocycles. The fourth-order valence-electron chi connectivity index (χ4n) is 3.68. The predicted octanol–water partition coefficient (Wildman–Crippen LogP) is 3.10. The molecule has 0 saturated carbocycles. The van der Waals surface area contributed by atoms with Crippen LogP contribution < -0.4 is 0 Å². The number of likely N-dealkylation sites (N-methyl/N-ethyl adjacent to an activating group) is 1. The molecule has 4 rings (SSSR count). The van der Waals surface area contributed by atoms with E-state index in [1.807, 2.05) is 30.3 Å². The van der Waals surface area contributed by atoms with Crippen LogP contribution in [0.5, 0.6) is 0 Å². The average molecular weight is 371 g/mol. The fourth-order valence-corrected chi connectivity index (χ4v) is 4.64. The summed E-state index contributed by atoms with van der Waals surface area (Å²) in [5, 5.41) is 18.7. The molecule has 0 spiro atoms. The number of benzene rings is 1. The van der Waals surface area contributed by atoms with Crippen molar-refractivity contribution in [2.45, 2.75) is 32.2 Å². The van der Waals surface area contributed by atoms with Crippen LogP contribution in [0.3, 0.4) is 0 Å². The molecule has 6 heteroatoms. The quantitative estimate of drug-likeness (QED) is 0.750. The van der Waals surface area contributed by atoms with E-state index in [0.29, 0.717) is 6.54 Å². The summed E-state index contributed by atoms with van der Waals surface area (Å²) in [5.41, 5.74) is 3.40. The van der Waals surface area contributed by atoms with Gasteiger partial charge in [-0.25, -0.2) is 0 Å². The first-order valence-electron chi connectivity index (χ1n) is 9.17. The number of aryl methyl sites for hydroxylation is 1. The number of nitrogens with zero attached hydrogens (tertiary/aromatic N) is 4. The van der Waals surface area contributed by atoms with Gasteiger partial charge in [-0.2, -0.15) is 5.10 Å². The van der Waals surface area contributed by atoms with E-state index >= 15 is 0 Å². The zero-order valence-corrected chi connectivity index (χ0v) is 16.2. The highest BCUT2D eigenvalue weighted by atomic mass is 32.1. The van der Waals surface area contributed by atoms with E-state index in [1.54, 1.807) is 0 Å². The molecule has 26 heavy (non-hydrogen) atoms. The Labute approximate surface area is 158 Å². The van der Waals surface area contributed by atoms with Crippen molar-refractivity contribution in [1.29, 1.82) is 0 Å². The molecule has 3 aromatic rings. The van der Waals surface area contributed by atoms with Crippen molar-refractivity contribution in [3.8, 4) is 0 Å². The molecule has 3 heterocycles. The topological polar surface area (TPSA) is 44.5 Å². The maximum atomic E-state index is 10.4. The Morgan fingerprint density at radius 3 is 2.96 bits per heavy atom. The van der Waals surface area contributed by atoms with Crippen molar-refractivity contribution in [3.63, 3.8) is 0 Å². The van der Waals surface area contributed by atoms with Crippen molar-refractivity contribution in [3.05, 3.63) is 52.7 Å². The highest BCUT2D eigenvalue weighted by Crippen LogP contribution is 2.28. The summed E-state index contributed by atoms with van der Waals surface area (Å²) < 4.78 is 3.44. The Hall–Kier alpha value is -1.73. The minimum atomic E-state index is -0.529. The van der Waals surface area contributed by atoms with Crippen LogP contribution in [0, 0.1) is 0 Å². The third-order valence-corrected chi connectivity index (χ3v) is 5.96. The standard InChI is InChI=1S/C20H26N4OS/c1-22(2)13-19(25)18-10-16-12-23(8-5-9-24(16)21-18)11-15-14-26-20-7-4-3-6-17(15)20/h3-4,6-7,10,14,19,25H,5,8-9,11-13H2,1-2H3/t19-/m0/s1. The van der Waals surface area contributed by atoms with Gasteiger partial charge in [0.15, 0.2) is 0 Å². The largest absolute Gasteiger partial charge is 0.385 e. The lowest BCUT2D eigenvalue weighted by Gasteiger charge is -2.19. The highest BCUT2D eigenvalue weighted by Gasteiger charge is 2.20. The molecule has 1 aliphatic rings.